The van der Waals surface area contributed by atoms with Crippen LogP contribution < -0.4 is 0 Å². The molecule has 0 saturated carbocycles. The monoisotopic (exact) mass is 370 g/mol. The first-order valence-corrected chi connectivity index (χ1v) is 8.28. The van der Waals surface area contributed by atoms with E-state index in [1.54, 1.807) is 43.6 Å². The van der Waals surface area contributed by atoms with Gasteiger partial charge in [-0.05, 0) is 41.5 Å². The number of halogens is 3. The minimum Gasteiger partial charge on any atom is -0.336 e. The molecule has 138 valence electrons. The first kappa shape index (κ1) is 18.6. The maximum absolute atomic E-state index is 12.9. The fourth-order valence-electron chi connectivity index (χ4n) is 2.77. The van der Waals surface area contributed by atoms with Gasteiger partial charge in [-0.15, -0.1) is 0 Å². The maximum atomic E-state index is 12.9. The lowest BCUT2D eigenvalue weighted by Gasteiger charge is -2.19. The van der Waals surface area contributed by atoms with E-state index in [1.165, 1.54) is 17.0 Å². The van der Waals surface area contributed by atoms with Gasteiger partial charge in [-0.25, -0.2) is 0 Å². The van der Waals surface area contributed by atoms with E-state index in [1.807, 2.05) is 12.1 Å². The molecule has 0 aliphatic carbocycles. The molecule has 3 nitrogen and oxygen atoms in total. The van der Waals surface area contributed by atoms with Gasteiger partial charge in [-0.1, -0.05) is 36.4 Å². The average Bonchev–Trinajstić information content (AvgIpc) is 2.67. The van der Waals surface area contributed by atoms with E-state index in [-0.39, 0.29) is 5.91 Å². The molecule has 0 aliphatic heterocycles. The number of hydrogen-bond donors (Lipinski definition) is 0. The summed E-state index contributed by atoms with van der Waals surface area (Å²) in [4.78, 5) is 18.6. The molecule has 0 bridgehead atoms. The first-order valence-electron chi connectivity index (χ1n) is 8.28. The molecule has 3 aromatic rings. The number of rotatable bonds is 4. The van der Waals surface area contributed by atoms with Gasteiger partial charge in [0.15, 0.2) is 0 Å². The van der Waals surface area contributed by atoms with Crippen LogP contribution in [0.3, 0.4) is 0 Å². The molecule has 3 rings (SSSR count). The Hall–Kier alpha value is -3.15. The maximum Gasteiger partial charge on any atom is 0.416 e. The van der Waals surface area contributed by atoms with E-state index < -0.39 is 11.7 Å². The van der Waals surface area contributed by atoms with Crippen molar-refractivity contribution in [3.05, 3.63) is 89.7 Å². The smallest absolute Gasteiger partial charge is 0.336 e. The second kappa shape index (κ2) is 7.61. The number of benzene rings is 2. The summed E-state index contributed by atoms with van der Waals surface area (Å²) in [5, 5.41) is 0. The fourth-order valence-corrected chi connectivity index (χ4v) is 2.77. The standard InChI is InChI=1S/C21H17F3N2O/c1-26(14-17-6-4-5-13-25-17)20(27)19-8-3-2-7-18(19)15-9-11-16(12-10-15)21(22,23)24/h2-13H,14H2,1H3. The molecule has 0 spiro atoms. The van der Waals surface area contributed by atoms with Crippen LogP contribution in [-0.4, -0.2) is 22.8 Å². The summed E-state index contributed by atoms with van der Waals surface area (Å²) in [5.41, 5.74) is 1.60. The van der Waals surface area contributed by atoms with Crippen LogP contribution in [0, 0.1) is 0 Å². The second-order valence-corrected chi connectivity index (χ2v) is 6.10. The first-order chi connectivity index (χ1) is 12.9. The van der Waals surface area contributed by atoms with Crippen molar-refractivity contribution in [2.24, 2.45) is 0 Å². The Morgan fingerprint density at radius 2 is 1.63 bits per heavy atom. The summed E-state index contributed by atoms with van der Waals surface area (Å²) in [6.45, 7) is 0.334. The van der Waals surface area contributed by atoms with Crippen LogP contribution in [0.4, 0.5) is 13.2 Å². The molecule has 1 aromatic heterocycles. The van der Waals surface area contributed by atoms with Crippen LogP contribution in [0.25, 0.3) is 11.1 Å². The average molecular weight is 370 g/mol. The van der Waals surface area contributed by atoms with Crippen molar-refractivity contribution in [1.82, 2.24) is 9.88 Å². The minimum atomic E-state index is -4.39. The lowest BCUT2D eigenvalue weighted by Crippen LogP contribution is -2.27. The molecule has 0 radical (unpaired) electrons. The van der Waals surface area contributed by atoms with Gasteiger partial charge in [0.2, 0.25) is 0 Å². The topological polar surface area (TPSA) is 33.2 Å². The van der Waals surface area contributed by atoms with E-state index in [9.17, 15) is 18.0 Å². The van der Waals surface area contributed by atoms with Gasteiger partial charge in [0.25, 0.3) is 5.91 Å². The number of amides is 1. The summed E-state index contributed by atoms with van der Waals surface area (Å²) in [6, 6.07) is 17.2. The highest BCUT2D eigenvalue weighted by Gasteiger charge is 2.30. The van der Waals surface area contributed by atoms with Crippen molar-refractivity contribution in [3.63, 3.8) is 0 Å². The van der Waals surface area contributed by atoms with Crippen LogP contribution >= 0.6 is 0 Å². The van der Waals surface area contributed by atoms with Gasteiger partial charge >= 0.3 is 6.18 Å². The van der Waals surface area contributed by atoms with E-state index in [0.29, 0.717) is 23.2 Å². The molecular formula is C21H17F3N2O. The predicted molar refractivity (Wildman–Crippen MR) is 96.9 cm³/mol. The zero-order valence-corrected chi connectivity index (χ0v) is 14.6. The highest BCUT2D eigenvalue weighted by Crippen LogP contribution is 2.32. The Morgan fingerprint density at radius 1 is 0.963 bits per heavy atom. The van der Waals surface area contributed by atoms with Crippen LogP contribution in [-0.2, 0) is 12.7 Å². The Bertz CT molecular complexity index is 922. The van der Waals surface area contributed by atoms with Gasteiger partial charge in [-0.3, -0.25) is 9.78 Å². The zero-order valence-electron chi connectivity index (χ0n) is 14.6. The molecular weight excluding hydrogens is 353 g/mol. The fraction of sp³-hybridized carbons (Fsp3) is 0.143. The van der Waals surface area contributed by atoms with Crippen molar-refractivity contribution in [1.29, 1.82) is 0 Å². The van der Waals surface area contributed by atoms with Crippen molar-refractivity contribution in [2.75, 3.05) is 7.05 Å². The quantitative estimate of drug-likeness (QED) is 0.645. The van der Waals surface area contributed by atoms with Gasteiger partial charge in [0.05, 0.1) is 17.8 Å². The molecule has 0 unspecified atom stereocenters. The van der Waals surface area contributed by atoms with Crippen LogP contribution in [0.5, 0.6) is 0 Å². The van der Waals surface area contributed by atoms with Crippen LogP contribution in [0.1, 0.15) is 21.6 Å². The summed E-state index contributed by atoms with van der Waals surface area (Å²) in [5.74, 6) is -0.226. The van der Waals surface area contributed by atoms with E-state index in [2.05, 4.69) is 4.98 Å². The van der Waals surface area contributed by atoms with Crippen LogP contribution in [0.15, 0.2) is 72.9 Å². The van der Waals surface area contributed by atoms with E-state index in [0.717, 1.165) is 17.8 Å². The number of carbonyl (C=O) groups is 1. The second-order valence-electron chi connectivity index (χ2n) is 6.10. The summed E-state index contributed by atoms with van der Waals surface area (Å²) >= 11 is 0. The van der Waals surface area contributed by atoms with Gasteiger partial charge in [0.1, 0.15) is 0 Å². The number of nitrogens with zero attached hydrogens (tertiary/aromatic N) is 2. The molecule has 6 heteroatoms. The largest absolute Gasteiger partial charge is 0.416 e. The summed E-state index contributed by atoms with van der Waals surface area (Å²) in [6.07, 6.45) is -2.74. The summed E-state index contributed by atoms with van der Waals surface area (Å²) in [7, 11) is 1.67. The molecule has 0 aliphatic rings. The molecule has 0 atom stereocenters. The third-order valence-corrected chi connectivity index (χ3v) is 4.15. The van der Waals surface area contributed by atoms with Crippen LogP contribution in [0.2, 0.25) is 0 Å². The van der Waals surface area contributed by atoms with Gasteiger partial charge in [0, 0.05) is 18.8 Å². The number of hydrogen-bond acceptors (Lipinski definition) is 2. The SMILES string of the molecule is CN(Cc1ccccn1)C(=O)c1ccccc1-c1ccc(C(F)(F)F)cc1. The number of alkyl halides is 3. The van der Waals surface area contributed by atoms with Crippen molar-refractivity contribution in [3.8, 4) is 11.1 Å². The third-order valence-electron chi connectivity index (χ3n) is 4.15. The predicted octanol–water partition coefficient (Wildman–Crippen LogP) is 5.04. The molecule has 0 fully saturated rings. The van der Waals surface area contributed by atoms with Crippen molar-refractivity contribution >= 4 is 5.91 Å². The lowest BCUT2D eigenvalue weighted by molar-refractivity contribution is -0.137. The molecule has 1 heterocycles. The normalized spacial score (nSPS) is 11.3. The van der Waals surface area contributed by atoms with Gasteiger partial charge in [-0.2, -0.15) is 13.2 Å². The van der Waals surface area contributed by atoms with E-state index >= 15 is 0 Å². The van der Waals surface area contributed by atoms with Crippen molar-refractivity contribution < 1.29 is 18.0 Å². The zero-order chi connectivity index (χ0) is 19.4. The molecule has 2 aromatic carbocycles. The summed E-state index contributed by atoms with van der Waals surface area (Å²) < 4.78 is 38.3. The minimum absolute atomic E-state index is 0.226. The Labute approximate surface area is 155 Å². The highest BCUT2D eigenvalue weighted by molar-refractivity contribution is 6.00. The number of aromatic nitrogens is 1. The van der Waals surface area contributed by atoms with E-state index in [4.69, 9.17) is 0 Å². The third kappa shape index (κ3) is 4.34. The van der Waals surface area contributed by atoms with Crippen molar-refractivity contribution in [2.45, 2.75) is 12.7 Å². The molecule has 0 N–H and O–H groups in total. The molecule has 1 amide bonds. The number of pyridine rings is 1. The number of carbonyl (C=O) groups excluding carboxylic acids is 1. The Balaban J connectivity index is 1.88. The lowest BCUT2D eigenvalue weighted by atomic mass is 9.98. The Morgan fingerprint density at radius 3 is 2.26 bits per heavy atom. The van der Waals surface area contributed by atoms with Gasteiger partial charge < -0.3 is 4.90 Å². The molecule has 27 heavy (non-hydrogen) atoms. The Kier molecular flexibility index (Phi) is 5.26. The molecule has 0 saturated heterocycles. The highest BCUT2D eigenvalue weighted by atomic mass is 19.4.